The van der Waals surface area contributed by atoms with Crippen LogP contribution in [0.1, 0.15) is 17.5 Å². The number of pyridine rings is 1. The summed E-state index contributed by atoms with van der Waals surface area (Å²) in [7, 11) is 1.67. The first-order chi connectivity index (χ1) is 12.3. The number of fused-ring (bicyclic) bond motifs is 2. The Labute approximate surface area is 147 Å². The van der Waals surface area contributed by atoms with Gasteiger partial charge in [-0.15, -0.1) is 0 Å². The fourth-order valence-corrected chi connectivity index (χ4v) is 3.53. The van der Waals surface area contributed by atoms with Gasteiger partial charge in [-0.25, -0.2) is 0 Å². The van der Waals surface area contributed by atoms with E-state index < -0.39 is 0 Å². The molecule has 0 spiro atoms. The third-order valence-electron chi connectivity index (χ3n) is 4.76. The molecule has 1 aliphatic rings. The molecule has 126 valence electrons. The highest BCUT2D eigenvalue weighted by Gasteiger charge is 2.23. The van der Waals surface area contributed by atoms with Crippen LogP contribution in [0.5, 0.6) is 5.75 Å². The number of ether oxygens (including phenoxy) is 1. The van der Waals surface area contributed by atoms with Gasteiger partial charge in [0.15, 0.2) is 0 Å². The number of rotatable bonds is 3. The molecule has 0 saturated heterocycles. The normalized spacial score (nSPS) is 13.6. The highest BCUT2D eigenvalue weighted by Crippen LogP contribution is 2.31. The number of benzene rings is 2. The third-order valence-corrected chi connectivity index (χ3v) is 4.76. The van der Waals surface area contributed by atoms with Crippen molar-refractivity contribution in [2.75, 3.05) is 18.6 Å². The lowest BCUT2D eigenvalue weighted by Gasteiger charge is -2.30. The summed E-state index contributed by atoms with van der Waals surface area (Å²) in [5, 5.41) is 1.07. The number of carbonyl (C=O) groups is 1. The number of aryl methyl sites for hydroxylation is 1. The van der Waals surface area contributed by atoms with Gasteiger partial charge in [0.1, 0.15) is 5.75 Å². The Kier molecular flexibility index (Phi) is 4.10. The Bertz CT molecular complexity index is 931. The van der Waals surface area contributed by atoms with Crippen LogP contribution in [-0.2, 0) is 17.6 Å². The largest absolute Gasteiger partial charge is 0.497 e. The number of amides is 1. The van der Waals surface area contributed by atoms with Gasteiger partial charge >= 0.3 is 0 Å². The average Bonchev–Trinajstić information content (AvgIpc) is 2.67. The number of hydrogen-bond acceptors (Lipinski definition) is 3. The van der Waals surface area contributed by atoms with Gasteiger partial charge in [-0.3, -0.25) is 9.78 Å². The van der Waals surface area contributed by atoms with Crippen molar-refractivity contribution < 1.29 is 9.53 Å². The summed E-state index contributed by atoms with van der Waals surface area (Å²) in [4.78, 5) is 19.4. The van der Waals surface area contributed by atoms with E-state index in [0.717, 1.165) is 47.3 Å². The zero-order valence-corrected chi connectivity index (χ0v) is 14.2. The van der Waals surface area contributed by atoms with E-state index >= 15 is 0 Å². The van der Waals surface area contributed by atoms with Gasteiger partial charge in [-0.1, -0.05) is 24.3 Å². The summed E-state index contributed by atoms with van der Waals surface area (Å²) in [5.74, 6) is 0.954. The van der Waals surface area contributed by atoms with E-state index in [1.807, 2.05) is 53.4 Å². The van der Waals surface area contributed by atoms with Crippen LogP contribution in [-0.4, -0.2) is 24.5 Å². The summed E-state index contributed by atoms with van der Waals surface area (Å²) >= 11 is 0. The maximum Gasteiger partial charge on any atom is 0.231 e. The van der Waals surface area contributed by atoms with Crippen LogP contribution in [0.15, 0.2) is 54.7 Å². The molecule has 1 aliphatic heterocycles. The van der Waals surface area contributed by atoms with Crippen molar-refractivity contribution in [1.29, 1.82) is 0 Å². The van der Waals surface area contributed by atoms with E-state index in [1.54, 1.807) is 13.3 Å². The van der Waals surface area contributed by atoms with Crippen molar-refractivity contribution >= 4 is 22.5 Å². The van der Waals surface area contributed by atoms with Crippen molar-refractivity contribution in [3.63, 3.8) is 0 Å². The van der Waals surface area contributed by atoms with Crippen molar-refractivity contribution in [3.05, 3.63) is 65.9 Å². The molecule has 0 radical (unpaired) electrons. The van der Waals surface area contributed by atoms with Gasteiger partial charge in [0.2, 0.25) is 5.91 Å². The molecular formula is C21H20N2O2. The second-order valence-electron chi connectivity index (χ2n) is 6.31. The number of aromatic nitrogens is 1. The van der Waals surface area contributed by atoms with Crippen molar-refractivity contribution in [2.45, 2.75) is 19.3 Å². The smallest absolute Gasteiger partial charge is 0.231 e. The second kappa shape index (κ2) is 6.55. The number of hydrogen-bond donors (Lipinski definition) is 0. The third kappa shape index (κ3) is 2.95. The van der Waals surface area contributed by atoms with E-state index in [2.05, 4.69) is 4.98 Å². The second-order valence-corrected chi connectivity index (χ2v) is 6.31. The van der Waals surface area contributed by atoms with Gasteiger partial charge in [-0.2, -0.15) is 0 Å². The Morgan fingerprint density at radius 3 is 2.96 bits per heavy atom. The molecular weight excluding hydrogens is 312 g/mol. The first-order valence-corrected chi connectivity index (χ1v) is 8.56. The molecule has 3 aromatic rings. The summed E-state index contributed by atoms with van der Waals surface area (Å²) < 4.78 is 5.31. The molecule has 4 heteroatoms. The van der Waals surface area contributed by atoms with Crippen LogP contribution < -0.4 is 9.64 Å². The number of nitrogens with zero attached hydrogens (tertiary/aromatic N) is 2. The van der Waals surface area contributed by atoms with Crippen LogP contribution >= 0.6 is 0 Å². The average molecular weight is 332 g/mol. The zero-order chi connectivity index (χ0) is 17.2. The molecule has 0 saturated carbocycles. The van der Waals surface area contributed by atoms with Crippen LogP contribution in [0.4, 0.5) is 5.69 Å². The van der Waals surface area contributed by atoms with E-state index in [9.17, 15) is 4.79 Å². The maximum atomic E-state index is 13.0. The number of anilines is 1. The first kappa shape index (κ1) is 15.6. The molecule has 25 heavy (non-hydrogen) atoms. The molecule has 4 rings (SSSR count). The molecule has 0 N–H and O–H groups in total. The van der Waals surface area contributed by atoms with Crippen LogP contribution in [0.3, 0.4) is 0 Å². The SMILES string of the molecule is COc1ccc2c(c1)CCCN2C(=O)Cc1cccc2cccnc12. The molecule has 4 nitrogen and oxygen atoms in total. The molecule has 1 aromatic heterocycles. The highest BCUT2D eigenvalue weighted by atomic mass is 16.5. The van der Waals surface area contributed by atoms with E-state index in [-0.39, 0.29) is 5.91 Å². The van der Waals surface area contributed by atoms with Gasteiger partial charge in [-0.05, 0) is 48.2 Å². The van der Waals surface area contributed by atoms with Gasteiger partial charge in [0, 0.05) is 23.8 Å². The minimum absolute atomic E-state index is 0.115. The fourth-order valence-electron chi connectivity index (χ4n) is 3.53. The van der Waals surface area contributed by atoms with Gasteiger partial charge in [0.25, 0.3) is 0 Å². The standard InChI is InChI=1S/C21H20N2O2/c1-25-18-9-10-19-16(13-18)8-4-12-23(19)20(24)14-17-6-2-5-15-7-3-11-22-21(15)17/h2-3,5-7,9-11,13H,4,8,12,14H2,1H3. The highest BCUT2D eigenvalue weighted by molar-refractivity contribution is 5.98. The predicted octanol–water partition coefficient (Wildman–Crippen LogP) is 3.77. The van der Waals surface area contributed by atoms with Crippen LogP contribution in [0, 0.1) is 0 Å². The lowest BCUT2D eigenvalue weighted by molar-refractivity contribution is -0.118. The lowest BCUT2D eigenvalue weighted by Crippen LogP contribution is -2.36. The number of carbonyl (C=O) groups excluding carboxylic acids is 1. The molecule has 0 unspecified atom stereocenters. The minimum atomic E-state index is 0.115. The predicted molar refractivity (Wildman–Crippen MR) is 99.1 cm³/mol. The topological polar surface area (TPSA) is 42.4 Å². The number of methoxy groups -OCH3 is 1. The first-order valence-electron chi connectivity index (χ1n) is 8.56. The van der Waals surface area contributed by atoms with E-state index in [4.69, 9.17) is 4.74 Å². The molecule has 1 amide bonds. The molecule has 2 aromatic carbocycles. The Balaban J connectivity index is 1.64. The van der Waals surface area contributed by atoms with Gasteiger partial charge < -0.3 is 9.64 Å². The van der Waals surface area contributed by atoms with Crippen molar-refractivity contribution in [2.24, 2.45) is 0 Å². The van der Waals surface area contributed by atoms with Crippen molar-refractivity contribution in [3.8, 4) is 5.75 Å². The quantitative estimate of drug-likeness (QED) is 0.733. The molecule has 2 heterocycles. The molecule has 0 bridgehead atoms. The lowest BCUT2D eigenvalue weighted by atomic mass is 10.00. The van der Waals surface area contributed by atoms with E-state index in [1.165, 1.54) is 5.56 Å². The zero-order valence-electron chi connectivity index (χ0n) is 14.2. The summed E-state index contributed by atoms with van der Waals surface area (Å²) in [6.45, 7) is 0.760. The Hall–Kier alpha value is -2.88. The Morgan fingerprint density at radius 2 is 2.08 bits per heavy atom. The molecule has 0 atom stereocenters. The Morgan fingerprint density at radius 1 is 1.20 bits per heavy atom. The van der Waals surface area contributed by atoms with Crippen LogP contribution in [0.2, 0.25) is 0 Å². The molecule has 0 fully saturated rings. The summed E-state index contributed by atoms with van der Waals surface area (Å²) in [6, 6.07) is 15.9. The summed E-state index contributed by atoms with van der Waals surface area (Å²) in [6.07, 6.45) is 4.09. The van der Waals surface area contributed by atoms with E-state index in [0.29, 0.717) is 6.42 Å². The van der Waals surface area contributed by atoms with Crippen molar-refractivity contribution in [1.82, 2.24) is 4.98 Å². The molecule has 0 aliphatic carbocycles. The fraction of sp³-hybridized carbons (Fsp3) is 0.238. The minimum Gasteiger partial charge on any atom is -0.497 e. The summed E-state index contributed by atoms with van der Waals surface area (Å²) in [5.41, 5.74) is 4.06. The van der Waals surface area contributed by atoms with Gasteiger partial charge in [0.05, 0.1) is 19.0 Å². The maximum absolute atomic E-state index is 13.0. The van der Waals surface area contributed by atoms with Crippen LogP contribution in [0.25, 0.3) is 10.9 Å². The number of para-hydroxylation sites is 1. The monoisotopic (exact) mass is 332 g/mol.